The Morgan fingerprint density at radius 3 is 2.95 bits per heavy atom. The van der Waals surface area contributed by atoms with Gasteiger partial charge in [-0.15, -0.1) is 0 Å². The molecule has 0 spiro atoms. The number of carbonyl (C=O) groups excluding carboxylic acids is 1. The molecular formula is C16H23N3O3. The number of hydrogen-bond acceptors (Lipinski definition) is 5. The van der Waals surface area contributed by atoms with Gasteiger partial charge in [0.25, 0.3) is 0 Å². The lowest BCUT2D eigenvalue weighted by Gasteiger charge is -2.19. The van der Waals surface area contributed by atoms with Gasteiger partial charge in [0.2, 0.25) is 5.91 Å². The van der Waals surface area contributed by atoms with Crippen molar-refractivity contribution >= 4 is 17.3 Å². The first-order valence-electron chi connectivity index (χ1n) is 7.77. The Hall–Kier alpha value is -1.79. The van der Waals surface area contributed by atoms with Crippen LogP contribution in [0.4, 0.5) is 11.4 Å². The number of aliphatic hydroxyl groups is 2. The molecule has 0 aliphatic carbocycles. The molecule has 1 aromatic rings. The van der Waals surface area contributed by atoms with E-state index >= 15 is 0 Å². The van der Waals surface area contributed by atoms with Crippen molar-refractivity contribution in [3.63, 3.8) is 0 Å². The zero-order chi connectivity index (χ0) is 15.7. The highest BCUT2D eigenvalue weighted by atomic mass is 16.3. The van der Waals surface area contributed by atoms with Crippen molar-refractivity contribution in [2.45, 2.75) is 24.9 Å². The van der Waals surface area contributed by atoms with Crippen molar-refractivity contribution in [1.82, 2.24) is 4.90 Å². The van der Waals surface area contributed by atoms with E-state index in [9.17, 15) is 9.90 Å². The Balaban J connectivity index is 1.72. The molecular weight excluding hydrogens is 282 g/mol. The first kappa shape index (κ1) is 15.1. The maximum atomic E-state index is 12.1. The van der Waals surface area contributed by atoms with Crippen LogP contribution >= 0.6 is 0 Å². The van der Waals surface area contributed by atoms with Gasteiger partial charge in [-0.3, -0.25) is 4.79 Å². The van der Waals surface area contributed by atoms with E-state index in [0.29, 0.717) is 19.6 Å². The third-order valence-corrected chi connectivity index (χ3v) is 4.59. The third-order valence-electron chi connectivity index (χ3n) is 4.59. The van der Waals surface area contributed by atoms with E-state index in [0.717, 1.165) is 29.9 Å². The molecule has 3 N–H and O–H groups in total. The molecule has 1 amide bonds. The summed E-state index contributed by atoms with van der Waals surface area (Å²) in [5.41, 5.74) is 3.20. The Morgan fingerprint density at radius 2 is 2.27 bits per heavy atom. The summed E-state index contributed by atoms with van der Waals surface area (Å²) in [5.74, 6) is 0.170. The monoisotopic (exact) mass is 305 g/mol. The second-order valence-corrected chi connectivity index (χ2v) is 6.10. The van der Waals surface area contributed by atoms with Gasteiger partial charge in [-0.05, 0) is 30.5 Å². The number of hydrogen-bond donors (Lipinski definition) is 3. The van der Waals surface area contributed by atoms with Crippen LogP contribution in [0.25, 0.3) is 0 Å². The van der Waals surface area contributed by atoms with Crippen LogP contribution in [0, 0.1) is 0 Å². The van der Waals surface area contributed by atoms with Gasteiger partial charge in [0, 0.05) is 20.1 Å². The molecule has 1 aromatic carbocycles. The molecule has 6 nitrogen and oxygen atoms in total. The van der Waals surface area contributed by atoms with Crippen molar-refractivity contribution in [3.05, 3.63) is 23.8 Å². The normalized spacial score (nSPS) is 22.0. The fourth-order valence-corrected chi connectivity index (χ4v) is 3.18. The van der Waals surface area contributed by atoms with E-state index in [4.69, 9.17) is 5.11 Å². The zero-order valence-electron chi connectivity index (χ0n) is 12.8. The molecule has 2 aliphatic rings. The van der Waals surface area contributed by atoms with Crippen LogP contribution < -0.4 is 10.2 Å². The number of fused-ring (bicyclic) bond motifs is 1. The van der Waals surface area contributed by atoms with E-state index < -0.39 is 6.10 Å². The molecule has 0 unspecified atom stereocenters. The topological polar surface area (TPSA) is 76.0 Å². The minimum atomic E-state index is -0.671. The Kier molecular flexibility index (Phi) is 4.22. The van der Waals surface area contributed by atoms with Crippen LogP contribution in [0.5, 0.6) is 0 Å². The van der Waals surface area contributed by atoms with Crippen LogP contribution in [-0.2, 0) is 4.79 Å². The number of nitrogens with one attached hydrogen (secondary N) is 1. The van der Waals surface area contributed by atoms with Crippen LogP contribution in [0.2, 0.25) is 0 Å². The average Bonchev–Trinajstić information content (AvgIpc) is 3.08. The summed E-state index contributed by atoms with van der Waals surface area (Å²) < 4.78 is 0. The van der Waals surface area contributed by atoms with Gasteiger partial charge in [0.05, 0.1) is 36.7 Å². The second kappa shape index (κ2) is 6.14. The largest absolute Gasteiger partial charge is 0.394 e. The quantitative estimate of drug-likeness (QED) is 0.741. The van der Waals surface area contributed by atoms with Gasteiger partial charge < -0.3 is 25.3 Å². The fourth-order valence-electron chi connectivity index (χ4n) is 3.18. The Labute approximate surface area is 130 Å². The van der Waals surface area contributed by atoms with Crippen LogP contribution in [0.1, 0.15) is 24.3 Å². The predicted octanol–water partition coefficient (Wildman–Crippen LogP) is 0.565. The number of aliphatic hydroxyl groups excluding tert-OH is 2. The number of benzene rings is 1. The van der Waals surface area contributed by atoms with Gasteiger partial charge in [-0.1, -0.05) is 6.07 Å². The van der Waals surface area contributed by atoms with Gasteiger partial charge in [-0.2, -0.15) is 0 Å². The zero-order valence-corrected chi connectivity index (χ0v) is 12.8. The summed E-state index contributed by atoms with van der Waals surface area (Å²) in [6.45, 7) is 1.99. The van der Waals surface area contributed by atoms with Crippen molar-refractivity contribution in [2.24, 2.45) is 0 Å². The van der Waals surface area contributed by atoms with Crippen LogP contribution in [0.3, 0.4) is 0 Å². The van der Waals surface area contributed by atoms with Gasteiger partial charge in [0.1, 0.15) is 0 Å². The minimum absolute atomic E-state index is 0.0256. The van der Waals surface area contributed by atoms with Gasteiger partial charge in [0.15, 0.2) is 0 Å². The van der Waals surface area contributed by atoms with E-state index in [2.05, 4.69) is 16.3 Å². The number of likely N-dealkylation sites (N-methyl/N-ethyl adjacent to an activating group) is 1. The van der Waals surface area contributed by atoms with E-state index in [1.807, 2.05) is 19.2 Å². The molecule has 3 rings (SSSR count). The van der Waals surface area contributed by atoms with Gasteiger partial charge in [-0.25, -0.2) is 0 Å². The molecule has 120 valence electrons. The van der Waals surface area contributed by atoms with E-state index in [1.54, 1.807) is 4.90 Å². The Morgan fingerprint density at radius 1 is 1.45 bits per heavy atom. The maximum Gasteiger partial charge on any atom is 0.229 e. The summed E-state index contributed by atoms with van der Waals surface area (Å²) in [7, 11) is 1.85. The molecule has 2 atom stereocenters. The molecule has 22 heavy (non-hydrogen) atoms. The first-order chi connectivity index (χ1) is 10.6. The van der Waals surface area contributed by atoms with E-state index in [1.165, 1.54) is 0 Å². The third kappa shape index (κ3) is 2.76. The van der Waals surface area contributed by atoms with Crippen molar-refractivity contribution in [1.29, 1.82) is 0 Å². The van der Waals surface area contributed by atoms with Gasteiger partial charge >= 0.3 is 0 Å². The number of likely N-dealkylation sites (tertiary alicyclic amines) is 1. The lowest BCUT2D eigenvalue weighted by atomic mass is 9.97. The summed E-state index contributed by atoms with van der Waals surface area (Å²) in [6, 6.07) is 6.14. The molecule has 0 saturated carbocycles. The lowest BCUT2D eigenvalue weighted by Crippen LogP contribution is -2.28. The highest BCUT2D eigenvalue weighted by Crippen LogP contribution is 2.36. The molecule has 2 heterocycles. The smallest absolute Gasteiger partial charge is 0.229 e. The molecule has 0 radical (unpaired) electrons. The van der Waals surface area contributed by atoms with Crippen LogP contribution in [0.15, 0.2) is 18.2 Å². The summed E-state index contributed by atoms with van der Waals surface area (Å²) in [4.78, 5) is 16.0. The highest BCUT2D eigenvalue weighted by molar-refractivity contribution is 5.87. The standard InChI is InChI=1S/C16H23N3O3/c1-18-6-5-13(16(18)22)11-2-3-15-14(8-11)17-10-19(15)7-4-12(21)9-20/h2-3,8,12-13,17,20-21H,4-7,9-10H2,1H3/t12-,13+/m1/s1. The van der Waals surface area contributed by atoms with Crippen molar-refractivity contribution in [2.75, 3.05) is 43.6 Å². The molecule has 1 saturated heterocycles. The highest BCUT2D eigenvalue weighted by Gasteiger charge is 2.31. The lowest BCUT2D eigenvalue weighted by molar-refractivity contribution is -0.127. The van der Waals surface area contributed by atoms with Crippen LogP contribution in [-0.4, -0.2) is 60.5 Å². The van der Waals surface area contributed by atoms with Crippen molar-refractivity contribution < 1.29 is 15.0 Å². The summed E-state index contributed by atoms with van der Waals surface area (Å²) >= 11 is 0. The minimum Gasteiger partial charge on any atom is -0.394 e. The number of nitrogens with zero attached hydrogens (tertiary/aromatic N) is 2. The molecule has 0 aromatic heterocycles. The van der Waals surface area contributed by atoms with E-state index in [-0.39, 0.29) is 18.4 Å². The first-order valence-corrected chi connectivity index (χ1v) is 7.77. The second-order valence-electron chi connectivity index (χ2n) is 6.10. The number of anilines is 2. The fraction of sp³-hybridized carbons (Fsp3) is 0.562. The Bertz CT molecular complexity index is 564. The summed E-state index contributed by atoms with van der Waals surface area (Å²) in [5, 5.41) is 21.7. The maximum absolute atomic E-state index is 12.1. The molecule has 0 bridgehead atoms. The predicted molar refractivity (Wildman–Crippen MR) is 85.0 cm³/mol. The average molecular weight is 305 g/mol. The van der Waals surface area contributed by atoms with Crippen molar-refractivity contribution in [3.8, 4) is 0 Å². The molecule has 1 fully saturated rings. The number of amides is 1. The SMILES string of the molecule is CN1CC[C@@H](c2ccc3c(c2)NCN3CC[C@@H](O)CO)C1=O. The number of carbonyl (C=O) groups is 1. The number of rotatable bonds is 5. The molecule has 2 aliphatic heterocycles. The summed E-state index contributed by atoms with van der Waals surface area (Å²) in [6.07, 6.45) is 0.737. The molecule has 6 heteroatoms.